The molecule has 2 atom stereocenters. The van der Waals surface area contributed by atoms with Crippen LogP contribution in [0.1, 0.15) is 32.1 Å². The lowest BCUT2D eigenvalue weighted by Crippen LogP contribution is -2.24. The summed E-state index contributed by atoms with van der Waals surface area (Å²) in [4.78, 5) is 0. The maximum absolute atomic E-state index is 8.64. The van der Waals surface area contributed by atoms with Crippen molar-refractivity contribution in [1.82, 2.24) is 0 Å². The van der Waals surface area contributed by atoms with E-state index in [1.54, 1.807) is 0 Å². The Hall–Kier alpha value is -0.160. The van der Waals surface area contributed by atoms with Crippen molar-refractivity contribution in [2.24, 2.45) is 11.5 Å². The van der Waals surface area contributed by atoms with Gasteiger partial charge < -0.3 is 21.7 Å². The fraction of sp³-hybridized carbons (Fsp3) is 1.00. The summed E-state index contributed by atoms with van der Waals surface area (Å²) in [6, 6.07) is -0.155. The van der Waals surface area contributed by atoms with E-state index in [0.29, 0.717) is 0 Å². The molecule has 0 aromatic carbocycles. The Morgan fingerprint density at radius 1 is 0.769 bits per heavy atom. The van der Waals surface area contributed by atoms with Crippen LogP contribution in [-0.2, 0) is 0 Å². The first kappa shape index (κ1) is 12.8. The van der Waals surface area contributed by atoms with Crippen LogP contribution in [0.2, 0.25) is 0 Å². The van der Waals surface area contributed by atoms with Gasteiger partial charge in [-0.05, 0) is 12.8 Å². The van der Waals surface area contributed by atoms with Crippen LogP contribution in [0.15, 0.2) is 0 Å². The lowest BCUT2D eigenvalue weighted by molar-refractivity contribution is 0.252. The van der Waals surface area contributed by atoms with Crippen molar-refractivity contribution < 1.29 is 10.2 Å². The zero-order valence-corrected chi connectivity index (χ0v) is 8.15. The Bertz CT molecular complexity index is 99.8. The van der Waals surface area contributed by atoms with Crippen LogP contribution in [0.3, 0.4) is 0 Å². The van der Waals surface area contributed by atoms with Gasteiger partial charge in [-0.25, -0.2) is 0 Å². The van der Waals surface area contributed by atoms with Crippen molar-refractivity contribution in [2.75, 3.05) is 13.2 Å². The Balaban J connectivity index is 3.08. The van der Waals surface area contributed by atoms with E-state index in [9.17, 15) is 0 Å². The first-order chi connectivity index (χ1) is 6.20. The summed E-state index contributed by atoms with van der Waals surface area (Å²) in [5.41, 5.74) is 11.1. The molecule has 80 valence electrons. The highest BCUT2D eigenvalue weighted by atomic mass is 16.3. The predicted molar refractivity (Wildman–Crippen MR) is 53.2 cm³/mol. The summed E-state index contributed by atoms with van der Waals surface area (Å²) in [7, 11) is 0. The van der Waals surface area contributed by atoms with Crippen molar-refractivity contribution in [1.29, 1.82) is 0 Å². The van der Waals surface area contributed by atoms with Crippen molar-refractivity contribution in [3.8, 4) is 0 Å². The fourth-order valence-corrected chi connectivity index (χ4v) is 1.17. The second-order valence-corrected chi connectivity index (χ2v) is 3.52. The Labute approximate surface area is 79.9 Å². The normalized spacial score (nSPS) is 15.7. The van der Waals surface area contributed by atoms with Crippen LogP contribution < -0.4 is 11.5 Å². The highest BCUT2D eigenvalue weighted by Crippen LogP contribution is 2.05. The molecule has 0 bridgehead atoms. The number of aliphatic hydroxyl groups is 2. The molecule has 13 heavy (non-hydrogen) atoms. The van der Waals surface area contributed by atoms with Crippen molar-refractivity contribution >= 4 is 0 Å². The first-order valence-corrected chi connectivity index (χ1v) is 4.93. The lowest BCUT2D eigenvalue weighted by Gasteiger charge is -2.09. The highest BCUT2D eigenvalue weighted by molar-refractivity contribution is 4.61. The predicted octanol–water partition coefficient (Wildman–Crippen LogP) is -0.424. The SMILES string of the molecule is NC(CO)CCCCCC(N)CO. The number of hydrogen-bond acceptors (Lipinski definition) is 4. The first-order valence-electron chi connectivity index (χ1n) is 4.93. The molecule has 0 aromatic rings. The summed E-state index contributed by atoms with van der Waals surface area (Å²) in [5.74, 6) is 0. The van der Waals surface area contributed by atoms with E-state index < -0.39 is 0 Å². The number of rotatable bonds is 8. The quantitative estimate of drug-likeness (QED) is 0.391. The van der Waals surface area contributed by atoms with Gasteiger partial charge in [-0.15, -0.1) is 0 Å². The van der Waals surface area contributed by atoms with Gasteiger partial charge in [0.25, 0.3) is 0 Å². The van der Waals surface area contributed by atoms with E-state index in [2.05, 4.69) is 0 Å². The van der Waals surface area contributed by atoms with E-state index in [0.717, 1.165) is 32.1 Å². The second kappa shape index (κ2) is 8.44. The monoisotopic (exact) mass is 190 g/mol. The smallest absolute Gasteiger partial charge is 0.0582 e. The Morgan fingerprint density at radius 3 is 1.46 bits per heavy atom. The van der Waals surface area contributed by atoms with Crippen molar-refractivity contribution in [2.45, 2.75) is 44.2 Å². The van der Waals surface area contributed by atoms with Gasteiger partial charge in [0.1, 0.15) is 0 Å². The van der Waals surface area contributed by atoms with E-state index >= 15 is 0 Å². The van der Waals surface area contributed by atoms with Crippen LogP contribution in [0.4, 0.5) is 0 Å². The van der Waals surface area contributed by atoms with Crippen LogP contribution in [0, 0.1) is 0 Å². The van der Waals surface area contributed by atoms with Crippen molar-refractivity contribution in [3.05, 3.63) is 0 Å². The Morgan fingerprint density at radius 2 is 1.15 bits per heavy atom. The summed E-state index contributed by atoms with van der Waals surface area (Å²) >= 11 is 0. The summed E-state index contributed by atoms with van der Waals surface area (Å²) in [6.07, 6.45) is 4.86. The molecule has 0 aliphatic rings. The third kappa shape index (κ3) is 8.18. The molecule has 0 amide bonds. The number of hydrogen-bond donors (Lipinski definition) is 4. The van der Waals surface area contributed by atoms with E-state index in [-0.39, 0.29) is 25.3 Å². The Kier molecular flexibility index (Phi) is 8.33. The van der Waals surface area contributed by atoms with Gasteiger partial charge in [0.2, 0.25) is 0 Å². The van der Waals surface area contributed by atoms with Gasteiger partial charge in [0.05, 0.1) is 13.2 Å². The maximum atomic E-state index is 8.64. The third-order valence-corrected chi connectivity index (χ3v) is 2.12. The van der Waals surface area contributed by atoms with Gasteiger partial charge in [-0.3, -0.25) is 0 Å². The standard InChI is InChI=1S/C9H22N2O2/c10-8(6-12)4-2-1-3-5-9(11)7-13/h8-9,12-13H,1-7,10-11H2. The minimum atomic E-state index is -0.0773. The van der Waals surface area contributed by atoms with Gasteiger partial charge in [-0.1, -0.05) is 19.3 Å². The maximum Gasteiger partial charge on any atom is 0.0582 e. The second-order valence-electron chi connectivity index (χ2n) is 3.52. The molecule has 0 heterocycles. The molecule has 4 nitrogen and oxygen atoms in total. The molecule has 4 heteroatoms. The molecule has 0 aliphatic carbocycles. The highest BCUT2D eigenvalue weighted by Gasteiger charge is 2.01. The molecule has 0 saturated carbocycles. The van der Waals surface area contributed by atoms with Crippen LogP contribution in [-0.4, -0.2) is 35.5 Å². The van der Waals surface area contributed by atoms with Gasteiger partial charge in [-0.2, -0.15) is 0 Å². The number of nitrogens with two attached hydrogens (primary N) is 2. The zero-order chi connectivity index (χ0) is 10.1. The topological polar surface area (TPSA) is 92.5 Å². The minimum Gasteiger partial charge on any atom is -0.395 e. The molecule has 0 aromatic heterocycles. The lowest BCUT2D eigenvalue weighted by atomic mass is 10.1. The summed E-state index contributed by atoms with van der Waals surface area (Å²) in [5, 5.41) is 17.3. The van der Waals surface area contributed by atoms with Crippen LogP contribution in [0.5, 0.6) is 0 Å². The molecule has 0 fully saturated rings. The molecule has 0 saturated heterocycles. The molecule has 0 aliphatic heterocycles. The van der Waals surface area contributed by atoms with Crippen LogP contribution in [0.25, 0.3) is 0 Å². The average Bonchev–Trinajstić information content (AvgIpc) is 2.16. The zero-order valence-electron chi connectivity index (χ0n) is 8.15. The summed E-state index contributed by atoms with van der Waals surface area (Å²) in [6.45, 7) is 0.131. The molecule has 0 rings (SSSR count). The van der Waals surface area contributed by atoms with Gasteiger partial charge in [0.15, 0.2) is 0 Å². The molecular formula is C9H22N2O2. The minimum absolute atomic E-state index is 0.0656. The molecule has 0 spiro atoms. The van der Waals surface area contributed by atoms with Crippen LogP contribution >= 0.6 is 0 Å². The summed E-state index contributed by atoms with van der Waals surface area (Å²) < 4.78 is 0. The largest absolute Gasteiger partial charge is 0.395 e. The number of aliphatic hydroxyl groups excluding tert-OH is 2. The third-order valence-electron chi connectivity index (χ3n) is 2.12. The molecule has 0 radical (unpaired) electrons. The van der Waals surface area contributed by atoms with Gasteiger partial charge >= 0.3 is 0 Å². The molecule has 2 unspecified atom stereocenters. The van der Waals surface area contributed by atoms with Crippen molar-refractivity contribution in [3.63, 3.8) is 0 Å². The van der Waals surface area contributed by atoms with E-state index in [1.807, 2.05) is 0 Å². The fourth-order valence-electron chi connectivity index (χ4n) is 1.17. The average molecular weight is 190 g/mol. The van der Waals surface area contributed by atoms with E-state index in [1.165, 1.54) is 0 Å². The molecular weight excluding hydrogens is 168 g/mol. The van der Waals surface area contributed by atoms with E-state index in [4.69, 9.17) is 21.7 Å². The van der Waals surface area contributed by atoms with Gasteiger partial charge in [0, 0.05) is 12.1 Å². The number of unbranched alkanes of at least 4 members (excludes halogenated alkanes) is 2. The molecule has 6 N–H and O–H groups in total.